The molecule has 0 fully saturated rings. The Hall–Kier alpha value is -4.07. The van der Waals surface area contributed by atoms with E-state index in [0.717, 1.165) is 29.5 Å². The molecule has 0 aliphatic rings. The zero-order valence-electron chi connectivity index (χ0n) is 15.8. The van der Waals surface area contributed by atoms with Crippen LogP contribution in [0.3, 0.4) is 0 Å². The van der Waals surface area contributed by atoms with Gasteiger partial charge in [-0.15, -0.1) is 0 Å². The second-order valence-corrected chi connectivity index (χ2v) is 6.50. The van der Waals surface area contributed by atoms with Crippen molar-refractivity contribution in [2.45, 2.75) is 18.4 Å². The molecule has 0 bridgehead atoms. The van der Waals surface area contributed by atoms with Crippen molar-refractivity contribution in [2.75, 3.05) is 0 Å². The Morgan fingerprint density at radius 1 is 1.00 bits per heavy atom. The highest BCUT2D eigenvalue weighted by Gasteiger charge is 2.33. The van der Waals surface area contributed by atoms with Gasteiger partial charge in [0.15, 0.2) is 5.92 Å². The molecular formula is C22H18N2O6. The number of carboxylic acids is 1. The van der Waals surface area contributed by atoms with Crippen LogP contribution >= 0.6 is 0 Å². The van der Waals surface area contributed by atoms with E-state index in [9.17, 15) is 24.8 Å². The van der Waals surface area contributed by atoms with E-state index >= 15 is 0 Å². The number of nitrogens with zero attached hydrogens (tertiary/aromatic N) is 2. The van der Waals surface area contributed by atoms with Gasteiger partial charge in [-0.25, -0.2) is 0 Å². The van der Waals surface area contributed by atoms with Gasteiger partial charge in [0, 0.05) is 12.5 Å². The Morgan fingerprint density at radius 3 is 2.17 bits per heavy atom. The van der Waals surface area contributed by atoms with Crippen molar-refractivity contribution >= 4 is 17.6 Å². The molecule has 0 aliphatic carbocycles. The third-order valence-electron chi connectivity index (χ3n) is 4.45. The number of hydrogen-bond acceptors (Lipinski definition) is 6. The molecule has 0 saturated heterocycles. The smallest absolute Gasteiger partial charge is 0.327 e. The molecule has 0 radical (unpaired) electrons. The molecule has 0 aliphatic heterocycles. The van der Waals surface area contributed by atoms with Crippen molar-refractivity contribution in [3.8, 4) is 0 Å². The maximum atomic E-state index is 12.8. The summed E-state index contributed by atoms with van der Waals surface area (Å²) in [5.74, 6) is -4.14. The first-order valence-electron chi connectivity index (χ1n) is 9.08. The number of carbonyl (C=O) groups is 2. The maximum Gasteiger partial charge on any atom is 0.327 e. The minimum absolute atomic E-state index is 0.135. The average molecular weight is 406 g/mol. The first-order valence-corrected chi connectivity index (χ1v) is 9.08. The fourth-order valence-electron chi connectivity index (χ4n) is 2.96. The molecule has 1 aromatic heterocycles. The van der Waals surface area contributed by atoms with Crippen LogP contribution in [0.15, 0.2) is 79.0 Å². The van der Waals surface area contributed by atoms with Gasteiger partial charge in [0.25, 0.3) is 5.69 Å². The van der Waals surface area contributed by atoms with Gasteiger partial charge in [-0.05, 0) is 17.2 Å². The number of carbonyl (C=O) groups excluding carboxylic acids is 1. The second kappa shape index (κ2) is 9.42. The van der Waals surface area contributed by atoms with Crippen molar-refractivity contribution in [1.29, 1.82) is 0 Å². The Kier molecular flexibility index (Phi) is 6.49. The van der Waals surface area contributed by atoms with Crippen LogP contribution in [-0.4, -0.2) is 27.0 Å². The SMILES string of the molecule is O=C(O)C(C(=O)OC(Cc1ccccc1)c1ccccc1)c1ccc([N+](=O)[O-])cn1. The maximum absolute atomic E-state index is 12.8. The topological polar surface area (TPSA) is 120 Å². The standard InChI is InChI=1S/C22H18N2O6/c25-21(26)20(18-12-11-17(14-23-18)24(28)29)22(27)30-19(16-9-5-2-6-10-16)13-15-7-3-1-4-8-15/h1-12,14,19-20H,13H2,(H,25,26). The summed E-state index contributed by atoms with van der Waals surface area (Å²) >= 11 is 0. The van der Waals surface area contributed by atoms with E-state index in [0.29, 0.717) is 6.42 Å². The third kappa shape index (κ3) is 5.05. The lowest BCUT2D eigenvalue weighted by Gasteiger charge is -2.21. The molecule has 1 N–H and O–H groups in total. The number of aliphatic carboxylic acids is 1. The number of rotatable bonds is 8. The van der Waals surface area contributed by atoms with Crippen molar-refractivity contribution in [2.24, 2.45) is 0 Å². The highest BCUT2D eigenvalue weighted by Crippen LogP contribution is 2.26. The number of carboxylic acid groups (broad SMARTS) is 1. The van der Waals surface area contributed by atoms with Gasteiger partial charge in [0.2, 0.25) is 0 Å². The molecule has 0 spiro atoms. The Morgan fingerprint density at radius 2 is 1.63 bits per heavy atom. The largest absolute Gasteiger partial charge is 0.480 e. The normalized spacial score (nSPS) is 12.5. The van der Waals surface area contributed by atoms with Gasteiger partial charge in [0.1, 0.15) is 12.3 Å². The quantitative estimate of drug-likeness (QED) is 0.262. The summed E-state index contributed by atoms with van der Waals surface area (Å²) in [5, 5.41) is 20.4. The molecule has 0 amide bonds. The lowest BCUT2D eigenvalue weighted by Crippen LogP contribution is -2.27. The van der Waals surface area contributed by atoms with E-state index in [1.807, 2.05) is 36.4 Å². The van der Waals surface area contributed by atoms with Crippen LogP contribution in [0.25, 0.3) is 0 Å². The number of aromatic nitrogens is 1. The molecule has 3 aromatic rings. The van der Waals surface area contributed by atoms with Gasteiger partial charge in [-0.2, -0.15) is 0 Å². The van der Waals surface area contributed by atoms with E-state index in [1.165, 1.54) is 0 Å². The number of hydrogen-bond donors (Lipinski definition) is 1. The van der Waals surface area contributed by atoms with Gasteiger partial charge < -0.3 is 9.84 Å². The third-order valence-corrected chi connectivity index (χ3v) is 4.45. The fraction of sp³-hybridized carbons (Fsp3) is 0.136. The van der Waals surface area contributed by atoms with Crippen LogP contribution in [0.5, 0.6) is 0 Å². The number of pyridine rings is 1. The number of ether oxygens (including phenoxy) is 1. The van der Waals surface area contributed by atoms with E-state index < -0.39 is 28.9 Å². The predicted octanol–water partition coefficient (Wildman–Crippen LogP) is 3.69. The first kappa shape index (κ1) is 20.7. The van der Waals surface area contributed by atoms with Crippen LogP contribution in [0, 0.1) is 10.1 Å². The molecule has 8 nitrogen and oxygen atoms in total. The van der Waals surface area contributed by atoms with E-state index in [4.69, 9.17) is 4.74 Å². The van der Waals surface area contributed by atoms with E-state index in [-0.39, 0.29) is 11.4 Å². The summed E-state index contributed by atoms with van der Waals surface area (Å²) in [6.07, 6.45) is 0.564. The Bertz CT molecular complexity index is 1020. The van der Waals surface area contributed by atoms with Crippen molar-refractivity contribution < 1.29 is 24.4 Å². The molecule has 2 atom stereocenters. The number of nitro groups is 1. The van der Waals surface area contributed by atoms with Crippen LogP contribution < -0.4 is 0 Å². The molecule has 1 heterocycles. The first-order chi connectivity index (χ1) is 14.5. The van der Waals surface area contributed by atoms with Crippen molar-refractivity contribution in [3.63, 3.8) is 0 Å². The molecular weight excluding hydrogens is 388 g/mol. The summed E-state index contributed by atoms with van der Waals surface area (Å²) in [6, 6.07) is 20.6. The molecule has 0 saturated carbocycles. The van der Waals surface area contributed by atoms with Gasteiger partial charge in [0.05, 0.1) is 10.6 Å². The number of benzene rings is 2. The highest BCUT2D eigenvalue weighted by molar-refractivity contribution is 5.99. The zero-order valence-corrected chi connectivity index (χ0v) is 15.8. The molecule has 2 aromatic carbocycles. The number of esters is 1. The molecule has 2 unspecified atom stereocenters. The highest BCUT2D eigenvalue weighted by atomic mass is 16.6. The summed E-state index contributed by atoms with van der Waals surface area (Å²) in [6.45, 7) is 0. The minimum Gasteiger partial charge on any atom is -0.480 e. The summed E-state index contributed by atoms with van der Waals surface area (Å²) in [5.41, 5.74) is 1.20. The van der Waals surface area contributed by atoms with Crippen molar-refractivity contribution in [1.82, 2.24) is 4.98 Å². The Labute approximate surface area is 171 Å². The molecule has 30 heavy (non-hydrogen) atoms. The van der Waals surface area contributed by atoms with Crippen LogP contribution in [-0.2, 0) is 20.7 Å². The molecule has 3 rings (SSSR count). The van der Waals surface area contributed by atoms with E-state index in [1.54, 1.807) is 24.3 Å². The van der Waals surface area contributed by atoms with Gasteiger partial charge >= 0.3 is 11.9 Å². The average Bonchev–Trinajstić information content (AvgIpc) is 2.75. The summed E-state index contributed by atoms with van der Waals surface area (Å²) in [7, 11) is 0. The summed E-state index contributed by atoms with van der Waals surface area (Å²) < 4.78 is 5.60. The predicted molar refractivity (Wildman–Crippen MR) is 107 cm³/mol. The fourth-order valence-corrected chi connectivity index (χ4v) is 2.96. The van der Waals surface area contributed by atoms with Crippen molar-refractivity contribution in [3.05, 3.63) is 106 Å². The second-order valence-electron chi connectivity index (χ2n) is 6.50. The van der Waals surface area contributed by atoms with Crippen LogP contribution in [0.1, 0.15) is 28.8 Å². The lowest BCUT2D eigenvalue weighted by atomic mass is 10.0. The van der Waals surface area contributed by atoms with Gasteiger partial charge in [-0.1, -0.05) is 60.7 Å². The lowest BCUT2D eigenvalue weighted by molar-refractivity contribution is -0.385. The van der Waals surface area contributed by atoms with Crippen LogP contribution in [0.2, 0.25) is 0 Å². The molecule has 152 valence electrons. The van der Waals surface area contributed by atoms with Gasteiger partial charge in [-0.3, -0.25) is 24.7 Å². The van der Waals surface area contributed by atoms with E-state index in [2.05, 4.69) is 4.98 Å². The van der Waals surface area contributed by atoms with Crippen LogP contribution in [0.4, 0.5) is 5.69 Å². The minimum atomic E-state index is -1.70. The summed E-state index contributed by atoms with van der Waals surface area (Å²) in [4.78, 5) is 38.5. The zero-order chi connectivity index (χ0) is 21.5. The monoisotopic (exact) mass is 406 g/mol. The molecule has 8 heteroatoms. The Balaban J connectivity index is 1.86.